The van der Waals surface area contributed by atoms with Crippen LogP contribution in [0.4, 0.5) is 0 Å². The molecule has 1 fully saturated rings. The minimum absolute atomic E-state index is 0.246. The van der Waals surface area contributed by atoms with Crippen LogP contribution < -0.4 is 4.74 Å². The summed E-state index contributed by atoms with van der Waals surface area (Å²) < 4.78 is 32.5. The zero-order valence-electron chi connectivity index (χ0n) is 14.5. The van der Waals surface area contributed by atoms with Gasteiger partial charge in [-0.3, -0.25) is 0 Å². The molecule has 0 aromatic heterocycles. The lowest BCUT2D eigenvalue weighted by Gasteiger charge is -2.34. The highest BCUT2D eigenvalue weighted by Gasteiger charge is 2.30. The lowest BCUT2D eigenvalue weighted by molar-refractivity contribution is 0.190. The van der Waals surface area contributed by atoms with Crippen molar-refractivity contribution in [2.75, 3.05) is 39.8 Å². The van der Waals surface area contributed by atoms with Crippen molar-refractivity contribution in [1.82, 2.24) is 9.21 Å². The van der Waals surface area contributed by atoms with E-state index in [1.54, 1.807) is 28.6 Å². The highest BCUT2D eigenvalue weighted by atomic mass is 32.2. The average Bonchev–Trinajstić information content (AvgIpc) is 2.67. The van der Waals surface area contributed by atoms with Gasteiger partial charge in [-0.1, -0.05) is 42.5 Å². The van der Waals surface area contributed by atoms with Crippen molar-refractivity contribution in [3.05, 3.63) is 60.2 Å². The van der Waals surface area contributed by atoms with Gasteiger partial charge in [0.15, 0.2) is 0 Å². The van der Waals surface area contributed by atoms with Gasteiger partial charge in [0, 0.05) is 32.7 Å². The number of ether oxygens (including phenoxy) is 1. The summed E-state index contributed by atoms with van der Waals surface area (Å²) in [7, 11) is -2.02. The fourth-order valence-electron chi connectivity index (χ4n) is 3.10. The number of piperazine rings is 1. The van der Waals surface area contributed by atoms with Crippen molar-refractivity contribution < 1.29 is 13.2 Å². The molecule has 1 aliphatic heterocycles. The molecule has 0 spiro atoms. The summed E-state index contributed by atoms with van der Waals surface area (Å²) >= 11 is 0. The molecule has 3 rings (SSSR count). The molecule has 2 aromatic rings. The molecule has 0 saturated carbocycles. The van der Waals surface area contributed by atoms with Crippen molar-refractivity contribution in [1.29, 1.82) is 0 Å². The van der Waals surface area contributed by atoms with E-state index in [1.165, 1.54) is 12.7 Å². The Morgan fingerprint density at radius 1 is 0.920 bits per heavy atom. The maximum Gasteiger partial charge on any atom is 0.246 e. The first-order valence-corrected chi connectivity index (χ1v) is 9.95. The Balaban J connectivity index is 1.60. The van der Waals surface area contributed by atoms with Gasteiger partial charge in [-0.15, -0.1) is 0 Å². The zero-order valence-corrected chi connectivity index (χ0v) is 15.3. The van der Waals surface area contributed by atoms with E-state index in [0.29, 0.717) is 18.8 Å². The largest absolute Gasteiger partial charge is 0.495 e. The summed E-state index contributed by atoms with van der Waals surface area (Å²) in [6, 6.07) is 17.2. The predicted octanol–water partition coefficient (Wildman–Crippen LogP) is 2.24. The van der Waals surface area contributed by atoms with Gasteiger partial charge >= 0.3 is 0 Å². The molecule has 0 bridgehead atoms. The molecule has 0 atom stereocenters. The number of hydrogen-bond donors (Lipinski definition) is 0. The normalized spacial score (nSPS) is 16.7. The van der Waals surface area contributed by atoms with E-state index in [1.807, 2.05) is 18.2 Å². The van der Waals surface area contributed by atoms with Gasteiger partial charge in [0.1, 0.15) is 10.6 Å². The highest BCUT2D eigenvalue weighted by molar-refractivity contribution is 7.89. The van der Waals surface area contributed by atoms with Gasteiger partial charge in [0.05, 0.1) is 7.11 Å². The van der Waals surface area contributed by atoms with E-state index in [0.717, 1.165) is 26.1 Å². The smallest absolute Gasteiger partial charge is 0.246 e. The Morgan fingerprint density at radius 2 is 1.56 bits per heavy atom. The lowest BCUT2D eigenvalue weighted by atomic mass is 10.1. The molecule has 5 nitrogen and oxygen atoms in total. The fourth-order valence-corrected chi connectivity index (χ4v) is 4.67. The minimum atomic E-state index is -3.51. The molecule has 25 heavy (non-hydrogen) atoms. The molecule has 1 aliphatic rings. The predicted molar refractivity (Wildman–Crippen MR) is 98.3 cm³/mol. The summed E-state index contributed by atoms with van der Waals surface area (Å²) in [6.45, 7) is 3.47. The third-order valence-electron chi connectivity index (χ3n) is 4.58. The maximum atomic E-state index is 12.9. The standard InChI is InChI=1S/C19H24N2O3S/c1-24-18-9-5-6-10-19(18)25(22,23)21-15-13-20(14-16-21)12-11-17-7-3-2-4-8-17/h2-10H,11-16H2,1H3. The zero-order chi connectivity index (χ0) is 17.7. The van der Waals surface area contributed by atoms with Crippen molar-refractivity contribution in [3.8, 4) is 5.75 Å². The second-order valence-corrected chi connectivity index (χ2v) is 8.04. The van der Waals surface area contributed by atoms with Crippen LogP contribution in [0.5, 0.6) is 5.75 Å². The summed E-state index contributed by atoms with van der Waals surface area (Å²) in [5.74, 6) is 0.397. The number of sulfonamides is 1. The molecule has 0 radical (unpaired) electrons. The number of nitrogens with zero attached hydrogens (tertiary/aromatic N) is 2. The van der Waals surface area contributed by atoms with Crippen LogP contribution >= 0.6 is 0 Å². The van der Waals surface area contributed by atoms with E-state index in [9.17, 15) is 8.42 Å². The Bertz CT molecular complexity index is 785. The Kier molecular flexibility index (Phi) is 5.73. The van der Waals surface area contributed by atoms with Gasteiger partial charge in [0.2, 0.25) is 10.0 Å². The first kappa shape index (κ1) is 17.9. The summed E-state index contributed by atoms with van der Waals surface area (Å²) in [5, 5.41) is 0. The van der Waals surface area contributed by atoms with E-state index < -0.39 is 10.0 Å². The third kappa shape index (κ3) is 4.21. The second kappa shape index (κ2) is 7.99. The molecule has 134 valence electrons. The quantitative estimate of drug-likeness (QED) is 0.793. The Morgan fingerprint density at radius 3 is 2.24 bits per heavy atom. The topological polar surface area (TPSA) is 49.9 Å². The number of rotatable bonds is 6. The monoisotopic (exact) mass is 360 g/mol. The van der Waals surface area contributed by atoms with Crippen LogP contribution in [0, 0.1) is 0 Å². The van der Waals surface area contributed by atoms with Crippen LogP contribution in [0.25, 0.3) is 0 Å². The minimum Gasteiger partial charge on any atom is -0.495 e. The van der Waals surface area contributed by atoms with Gasteiger partial charge < -0.3 is 9.64 Å². The third-order valence-corrected chi connectivity index (χ3v) is 6.52. The lowest BCUT2D eigenvalue weighted by Crippen LogP contribution is -2.49. The fraction of sp³-hybridized carbons (Fsp3) is 0.368. The van der Waals surface area contributed by atoms with E-state index in [-0.39, 0.29) is 4.90 Å². The molecule has 0 N–H and O–H groups in total. The number of hydrogen-bond acceptors (Lipinski definition) is 4. The second-order valence-electron chi connectivity index (χ2n) is 6.13. The first-order chi connectivity index (χ1) is 12.1. The average molecular weight is 360 g/mol. The van der Waals surface area contributed by atoms with Crippen molar-refractivity contribution in [2.45, 2.75) is 11.3 Å². The molecule has 1 heterocycles. The maximum absolute atomic E-state index is 12.9. The molecule has 2 aromatic carbocycles. The van der Waals surface area contributed by atoms with E-state index in [4.69, 9.17) is 4.74 Å². The van der Waals surface area contributed by atoms with Crippen molar-refractivity contribution >= 4 is 10.0 Å². The van der Waals surface area contributed by atoms with E-state index >= 15 is 0 Å². The van der Waals surface area contributed by atoms with Gasteiger partial charge in [0.25, 0.3) is 0 Å². The number of para-hydroxylation sites is 1. The summed E-state index contributed by atoms with van der Waals surface area (Å²) in [5.41, 5.74) is 1.31. The van der Waals surface area contributed by atoms with Crippen LogP contribution in [0.2, 0.25) is 0 Å². The molecule has 0 aliphatic carbocycles. The molecule has 1 saturated heterocycles. The SMILES string of the molecule is COc1ccccc1S(=O)(=O)N1CCN(CCc2ccccc2)CC1. The molecule has 0 unspecified atom stereocenters. The van der Waals surface area contributed by atoms with Crippen LogP contribution in [-0.4, -0.2) is 57.5 Å². The van der Waals surface area contributed by atoms with Crippen LogP contribution in [0.3, 0.4) is 0 Å². The van der Waals surface area contributed by atoms with Crippen LogP contribution in [0.15, 0.2) is 59.5 Å². The highest BCUT2D eigenvalue weighted by Crippen LogP contribution is 2.26. The first-order valence-electron chi connectivity index (χ1n) is 8.51. The van der Waals surface area contributed by atoms with Crippen molar-refractivity contribution in [2.24, 2.45) is 0 Å². The summed E-state index contributed by atoms with van der Waals surface area (Å²) in [6.07, 6.45) is 0.986. The van der Waals surface area contributed by atoms with Gasteiger partial charge in [-0.05, 0) is 24.1 Å². The van der Waals surface area contributed by atoms with Crippen molar-refractivity contribution in [3.63, 3.8) is 0 Å². The number of methoxy groups -OCH3 is 1. The Labute approximate surface area is 149 Å². The molecule has 6 heteroatoms. The van der Waals surface area contributed by atoms with Crippen LogP contribution in [-0.2, 0) is 16.4 Å². The van der Waals surface area contributed by atoms with Gasteiger partial charge in [-0.25, -0.2) is 8.42 Å². The molecule has 0 amide bonds. The molecular formula is C19H24N2O3S. The Hall–Kier alpha value is -1.89. The van der Waals surface area contributed by atoms with E-state index in [2.05, 4.69) is 17.0 Å². The van der Waals surface area contributed by atoms with Gasteiger partial charge in [-0.2, -0.15) is 4.31 Å². The molecular weight excluding hydrogens is 336 g/mol. The van der Waals surface area contributed by atoms with Crippen LogP contribution in [0.1, 0.15) is 5.56 Å². The summed E-state index contributed by atoms with van der Waals surface area (Å²) in [4.78, 5) is 2.57. The number of benzene rings is 2.